The molecule has 0 bridgehead atoms. The third kappa shape index (κ3) is 4.11. The Kier molecular flexibility index (Phi) is 6.79. The van der Waals surface area contributed by atoms with Crippen molar-refractivity contribution in [3.05, 3.63) is 42.1 Å². The monoisotopic (exact) mass is 343 g/mol. The van der Waals surface area contributed by atoms with Gasteiger partial charge in [0.25, 0.3) is 0 Å². The molecule has 1 aliphatic heterocycles. The van der Waals surface area contributed by atoms with Crippen molar-refractivity contribution in [2.45, 2.75) is 13.8 Å². The fourth-order valence-electron chi connectivity index (χ4n) is 3.49. The van der Waals surface area contributed by atoms with Crippen molar-refractivity contribution in [3.8, 4) is 0 Å². The van der Waals surface area contributed by atoms with Crippen LogP contribution < -0.4 is 0 Å². The molecule has 3 rings (SSSR count). The number of amides is 1. The summed E-state index contributed by atoms with van der Waals surface area (Å²) in [4.78, 5) is 20.2. The Morgan fingerprint density at radius 1 is 1.28 bits per heavy atom. The maximum Gasteiger partial charge on any atom is 0.230 e. The maximum absolute atomic E-state index is 12.7. The number of hydrogen-bond donors (Lipinski definition) is 2. The number of nitrogens with one attached hydrogen (secondary N) is 1. The normalized spacial score (nSPS) is 17.6. The predicted molar refractivity (Wildman–Crippen MR) is 103 cm³/mol. The van der Waals surface area contributed by atoms with E-state index < -0.39 is 0 Å². The molecule has 2 N–H and O–H groups in total. The number of rotatable bonds is 4. The van der Waals surface area contributed by atoms with Crippen LogP contribution in [0.4, 0.5) is 0 Å². The lowest BCUT2D eigenvalue weighted by molar-refractivity contribution is -0.134. The lowest BCUT2D eigenvalue weighted by atomic mass is 9.93. The number of fused-ring (bicyclic) bond motifs is 1. The fourth-order valence-corrected chi connectivity index (χ4v) is 3.49. The zero-order chi connectivity index (χ0) is 18.4. The van der Waals surface area contributed by atoms with Crippen LogP contribution in [-0.4, -0.2) is 66.1 Å². The number of H-pyrrole nitrogens is 1. The average molecular weight is 343 g/mol. The summed E-state index contributed by atoms with van der Waals surface area (Å²) < 4.78 is 0. The van der Waals surface area contributed by atoms with E-state index in [1.807, 2.05) is 24.9 Å². The van der Waals surface area contributed by atoms with Gasteiger partial charge in [-0.25, -0.2) is 0 Å². The highest BCUT2D eigenvalue weighted by Gasteiger charge is 2.27. The molecule has 5 nitrogen and oxygen atoms in total. The first kappa shape index (κ1) is 19.2. The van der Waals surface area contributed by atoms with Crippen LogP contribution in [0.25, 0.3) is 16.5 Å². The van der Waals surface area contributed by atoms with Gasteiger partial charge in [-0.3, -0.25) is 4.79 Å². The van der Waals surface area contributed by atoms with Crippen LogP contribution in [-0.2, 0) is 4.79 Å². The molecule has 0 aliphatic carbocycles. The molecule has 1 amide bonds. The molecule has 1 aromatic carbocycles. The second-order valence-corrected chi connectivity index (χ2v) is 6.25. The Morgan fingerprint density at radius 3 is 2.68 bits per heavy atom. The van der Waals surface area contributed by atoms with Gasteiger partial charge in [-0.2, -0.15) is 0 Å². The minimum absolute atomic E-state index is 0.0612. The van der Waals surface area contributed by atoms with Crippen molar-refractivity contribution in [2.24, 2.45) is 5.92 Å². The molecule has 1 atom stereocenters. The first-order valence-corrected chi connectivity index (χ1v) is 8.83. The lowest BCUT2D eigenvalue weighted by Crippen LogP contribution is -2.42. The van der Waals surface area contributed by atoms with Gasteiger partial charge in [0.15, 0.2) is 0 Å². The van der Waals surface area contributed by atoms with E-state index in [0.29, 0.717) is 0 Å². The number of aromatic amines is 1. The third-order valence-corrected chi connectivity index (χ3v) is 4.68. The number of carbonyl (C=O) groups is 1. The van der Waals surface area contributed by atoms with Gasteiger partial charge >= 0.3 is 0 Å². The van der Waals surface area contributed by atoms with Gasteiger partial charge in [-0.05, 0) is 37.9 Å². The molecule has 136 valence electrons. The Hall–Kier alpha value is -2.11. The van der Waals surface area contributed by atoms with Crippen molar-refractivity contribution in [1.82, 2.24) is 14.8 Å². The lowest BCUT2D eigenvalue weighted by Gasteiger charge is -2.32. The smallest absolute Gasteiger partial charge is 0.230 e. The zero-order valence-corrected chi connectivity index (χ0v) is 15.6. The Labute approximate surface area is 149 Å². The topological polar surface area (TPSA) is 59.6 Å². The molecule has 2 aromatic rings. The van der Waals surface area contributed by atoms with E-state index in [-0.39, 0.29) is 11.8 Å². The van der Waals surface area contributed by atoms with Crippen molar-refractivity contribution in [2.75, 3.05) is 40.3 Å². The summed E-state index contributed by atoms with van der Waals surface area (Å²) in [6.45, 7) is 7.28. The van der Waals surface area contributed by atoms with Gasteiger partial charge in [0.1, 0.15) is 0 Å². The molecule has 1 aliphatic rings. The van der Waals surface area contributed by atoms with Crippen LogP contribution in [0.1, 0.15) is 19.4 Å². The van der Waals surface area contributed by atoms with E-state index in [0.717, 1.165) is 38.8 Å². The van der Waals surface area contributed by atoms with Gasteiger partial charge in [-0.15, -0.1) is 0 Å². The van der Waals surface area contributed by atoms with E-state index in [4.69, 9.17) is 5.11 Å². The molecule has 25 heavy (non-hydrogen) atoms. The van der Waals surface area contributed by atoms with Gasteiger partial charge in [0.05, 0.1) is 11.4 Å². The van der Waals surface area contributed by atoms with Crippen LogP contribution in [0.2, 0.25) is 0 Å². The Bertz CT molecular complexity index is 731. The van der Waals surface area contributed by atoms with E-state index in [9.17, 15) is 4.79 Å². The summed E-state index contributed by atoms with van der Waals surface area (Å²) in [5, 5.41) is 8.21. The van der Waals surface area contributed by atoms with Crippen molar-refractivity contribution >= 4 is 22.4 Å². The number of nitrogens with zero attached hydrogens (tertiary/aromatic N) is 2. The number of hydrogen-bond acceptors (Lipinski definition) is 3. The van der Waals surface area contributed by atoms with Crippen molar-refractivity contribution in [3.63, 3.8) is 0 Å². The molecular formula is C20H29N3O2. The largest absolute Gasteiger partial charge is 0.400 e. The predicted octanol–water partition coefficient (Wildman–Crippen LogP) is 2.59. The molecule has 0 spiro atoms. The van der Waals surface area contributed by atoms with Crippen LogP contribution >= 0.6 is 0 Å². The quantitative estimate of drug-likeness (QED) is 0.897. The average Bonchev–Trinajstić information content (AvgIpc) is 3.12. The number of likely N-dealkylation sites (N-methyl/N-ethyl adjacent to an activating group) is 1. The third-order valence-electron chi connectivity index (χ3n) is 4.68. The zero-order valence-electron chi connectivity index (χ0n) is 15.6. The van der Waals surface area contributed by atoms with Crippen molar-refractivity contribution < 1.29 is 9.90 Å². The van der Waals surface area contributed by atoms with Crippen LogP contribution in [0.3, 0.4) is 0 Å². The van der Waals surface area contributed by atoms with Gasteiger partial charge in [0.2, 0.25) is 5.91 Å². The molecule has 0 radical (unpaired) electrons. The second-order valence-electron chi connectivity index (χ2n) is 6.25. The van der Waals surface area contributed by atoms with E-state index >= 15 is 0 Å². The van der Waals surface area contributed by atoms with Crippen LogP contribution in [0.15, 0.2) is 36.5 Å². The molecule has 1 aromatic heterocycles. The summed E-state index contributed by atoms with van der Waals surface area (Å²) in [7, 11) is 3.09. The van der Waals surface area contributed by atoms with Gasteiger partial charge in [0, 0.05) is 45.0 Å². The molecule has 0 saturated carbocycles. The number of para-hydroxylation sites is 1. The summed E-state index contributed by atoms with van der Waals surface area (Å²) in [5.41, 5.74) is 3.59. The number of aromatic nitrogens is 1. The Balaban J connectivity index is 0.00000109. The second kappa shape index (κ2) is 8.83. The van der Waals surface area contributed by atoms with Gasteiger partial charge < -0.3 is 19.9 Å². The minimum atomic E-state index is -0.0612. The summed E-state index contributed by atoms with van der Waals surface area (Å²) in [6.07, 6.45) is 4.15. The Morgan fingerprint density at radius 2 is 2.00 bits per heavy atom. The first-order valence-electron chi connectivity index (χ1n) is 8.83. The summed E-state index contributed by atoms with van der Waals surface area (Å²) >= 11 is 0. The van der Waals surface area contributed by atoms with E-state index in [1.165, 1.54) is 16.5 Å². The number of benzene rings is 1. The van der Waals surface area contributed by atoms with Crippen molar-refractivity contribution in [1.29, 1.82) is 0 Å². The van der Waals surface area contributed by atoms with E-state index in [2.05, 4.69) is 47.3 Å². The molecular weight excluding hydrogens is 314 g/mol. The molecule has 0 saturated heterocycles. The summed E-state index contributed by atoms with van der Waals surface area (Å²) in [6, 6.07) is 8.43. The molecule has 2 heterocycles. The maximum atomic E-state index is 12.7. The molecule has 0 unspecified atom stereocenters. The number of aliphatic hydroxyl groups is 1. The minimum Gasteiger partial charge on any atom is -0.400 e. The number of aliphatic hydroxyl groups excluding tert-OH is 1. The highest BCUT2D eigenvalue weighted by molar-refractivity contribution is 5.93. The van der Waals surface area contributed by atoms with Gasteiger partial charge in [-0.1, -0.05) is 24.3 Å². The highest BCUT2D eigenvalue weighted by atomic mass is 16.2. The van der Waals surface area contributed by atoms with Crippen LogP contribution in [0, 0.1) is 5.92 Å². The number of carbonyl (C=O) groups excluding carboxylic acids is 1. The SMILES string of the molecule is CCN(CC)C(=O)[C@@H]1C=C(c2cccc3cc[nH]c23)CN(C)C1.CO. The van der Waals surface area contributed by atoms with Crippen LogP contribution in [0.5, 0.6) is 0 Å². The van der Waals surface area contributed by atoms with E-state index in [1.54, 1.807) is 0 Å². The molecule has 0 fully saturated rings. The highest BCUT2D eigenvalue weighted by Crippen LogP contribution is 2.29. The fraction of sp³-hybridized carbons (Fsp3) is 0.450. The molecule has 5 heteroatoms. The summed E-state index contributed by atoms with van der Waals surface area (Å²) in [5.74, 6) is 0.173. The first-order chi connectivity index (χ1) is 12.1. The standard InChI is InChI=1S/C19H25N3O.CH4O/c1-4-22(5-2)19(23)16-11-15(12-21(3)13-16)17-8-6-7-14-9-10-20-18(14)17;1-2/h6-11,16,20H,4-5,12-13H2,1-3H3;2H,1H3/t16-;/m1./s1.